The number of amides is 1. The zero-order valence-corrected chi connectivity index (χ0v) is 21.2. The summed E-state index contributed by atoms with van der Waals surface area (Å²) in [6, 6.07) is 8.26. The van der Waals surface area contributed by atoms with Crippen LogP contribution in [0.1, 0.15) is 46.9 Å². The molecule has 1 saturated heterocycles. The van der Waals surface area contributed by atoms with Crippen LogP contribution in [0.5, 0.6) is 0 Å². The normalized spacial score (nSPS) is 24.4. The number of nitrogens with zero attached hydrogens (tertiary/aromatic N) is 3. The molecule has 0 bridgehead atoms. The van der Waals surface area contributed by atoms with Gasteiger partial charge in [0.2, 0.25) is 0 Å². The largest absolute Gasteiger partial charge is 0.397 e. The fourth-order valence-corrected chi connectivity index (χ4v) is 6.35. The Morgan fingerprint density at radius 2 is 2.15 bits per heavy atom. The number of hydrogen-bond acceptors (Lipinski definition) is 7. The zero-order chi connectivity index (χ0) is 24.0. The molecule has 0 saturated carbocycles. The van der Waals surface area contributed by atoms with Gasteiger partial charge < -0.3 is 20.7 Å². The number of nitrogen functional groups attached to an aromatic ring is 1. The summed E-state index contributed by atoms with van der Waals surface area (Å²) < 4.78 is 5.49. The van der Waals surface area contributed by atoms with E-state index in [1.54, 1.807) is 7.11 Å². The number of aromatic nitrogens is 2. The number of nitrogens with two attached hydrogens (primary N) is 1. The van der Waals surface area contributed by atoms with E-state index < -0.39 is 0 Å². The summed E-state index contributed by atoms with van der Waals surface area (Å²) >= 11 is 1.36. The number of ether oxygens (including phenoxy) is 1. The Kier molecular flexibility index (Phi) is 5.98. The number of fused-ring (bicyclic) bond motifs is 2. The first-order chi connectivity index (χ1) is 16.3. The van der Waals surface area contributed by atoms with E-state index in [1.165, 1.54) is 16.9 Å². The number of nitrogens with one attached hydrogen (secondary N) is 1. The van der Waals surface area contributed by atoms with Crippen molar-refractivity contribution in [3.8, 4) is 0 Å². The topological polar surface area (TPSA) is 93.4 Å². The highest BCUT2D eigenvalue weighted by atomic mass is 32.1. The van der Waals surface area contributed by atoms with Crippen LogP contribution in [0.3, 0.4) is 0 Å². The molecule has 1 aliphatic heterocycles. The van der Waals surface area contributed by atoms with Gasteiger partial charge in [0.1, 0.15) is 15.5 Å². The van der Waals surface area contributed by atoms with E-state index in [2.05, 4.69) is 41.2 Å². The molecule has 3 aromatic rings. The number of anilines is 2. The van der Waals surface area contributed by atoms with Gasteiger partial charge in [-0.3, -0.25) is 4.79 Å². The van der Waals surface area contributed by atoms with E-state index in [1.807, 2.05) is 19.1 Å². The zero-order valence-electron chi connectivity index (χ0n) is 20.4. The van der Waals surface area contributed by atoms with Crippen molar-refractivity contribution in [2.24, 2.45) is 11.3 Å². The second-order valence-corrected chi connectivity index (χ2v) is 11.2. The Bertz CT molecular complexity index is 1240. The van der Waals surface area contributed by atoms with Gasteiger partial charge in [-0.25, -0.2) is 9.97 Å². The van der Waals surface area contributed by atoms with Crippen LogP contribution in [0.15, 0.2) is 24.3 Å². The van der Waals surface area contributed by atoms with Gasteiger partial charge in [0.05, 0.1) is 12.3 Å². The molecular formula is C26H33N5O2S. The van der Waals surface area contributed by atoms with E-state index >= 15 is 0 Å². The Morgan fingerprint density at radius 1 is 1.32 bits per heavy atom. The maximum absolute atomic E-state index is 13.0. The summed E-state index contributed by atoms with van der Waals surface area (Å²) in [5, 5.41) is 4.06. The van der Waals surface area contributed by atoms with E-state index in [-0.39, 0.29) is 17.4 Å². The van der Waals surface area contributed by atoms with Crippen LogP contribution >= 0.6 is 11.3 Å². The maximum Gasteiger partial charge on any atom is 0.263 e. The molecule has 34 heavy (non-hydrogen) atoms. The van der Waals surface area contributed by atoms with Gasteiger partial charge in [-0.1, -0.05) is 19.9 Å². The molecule has 0 radical (unpaired) electrons. The SMILES string of the molecule is COC[C@@]1(C)CN(c2ccc3c(n2)CC[C@H](NC(=O)c2sc4nc(C)ccc4c2N)C3)C[C@H]1C. The smallest absolute Gasteiger partial charge is 0.263 e. The van der Waals surface area contributed by atoms with Crippen LogP contribution in [0.2, 0.25) is 0 Å². The minimum atomic E-state index is -0.111. The summed E-state index contributed by atoms with van der Waals surface area (Å²) in [5.41, 5.74) is 10.2. The molecule has 0 spiro atoms. The van der Waals surface area contributed by atoms with Gasteiger partial charge >= 0.3 is 0 Å². The number of rotatable bonds is 5. The lowest BCUT2D eigenvalue weighted by atomic mass is 9.82. The lowest BCUT2D eigenvalue weighted by Gasteiger charge is -2.28. The van der Waals surface area contributed by atoms with Crippen molar-refractivity contribution in [2.75, 3.05) is 37.4 Å². The average molecular weight is 480 g/mol. The van der Waals surface area contributed by atoms with Crippen LogP contribution in [0.4, 0.5) is 11.5 Å². The molecule has 1 amide bonds. The predicted molar refractivity (Wildman–Crippen MR) is 138 cm³/mol. The van der Waals surface area contributed by atoms with E-state index in [0.717, 1.165) is 66.4 Å². The number of thiophene rings is 1. The summed E-state index contributed by atoms with van der Waals surface area (Å²) in [7, 11) is 1.78. The van der Waals surface area contributed by atoms with Gasteiger partial charge in [-0.05, 0) is 55.9 Å². The third-order valence-electron chi connectivity index (χ3n) is 7.56. The first kappa shape index (κ1) is 23.1. The third kappa shape index (κ3) is 4.14. The number of methoxy groups -OCH3 is 1. The Labute approximate surface area is 204 Å². The predicted octanol–water partition coefficient (Wildman–Crippen LogP) is 3.98. The molecule has 3 aromatic heterocycles. The fraction of sp³-hybridized carbons (Fsp3) is 0.500. The first-order valence-corrected chi connectivity index (χ1v) is 12.8. The monoisotopic (exact) mass is 479 g/mol. The average Bonchev–Trinajstić information content (AvgIpc) is 3.29. The number of carbonyl (C=O) groups is 1. The molecule has 5 rings (SSSR count). The summed E-state index contributed by atoms with van der Waals surface area (Å²) in [6.45, 7) is 9.25. The molecule has 8 heteroatoms. The van der Waals surface area contributed by atoms with E-state index in [0.29, 0.717) is 16.5 Å². The number of aryl methyl sites for hydroxylation is 2. The van der Waals surface area contributed by atoms with Crippen molar-refractivity contribution in [3.63, 3.8) is 0 Å². The van der Waals surface area contributed by atoms with Crippen LogP contribution in [0, 0.1) is 18.3 Å². The molecule has 2 aliphatic rings. The highest BCUT2D eigenvalue weighted by Gasteiger charge is 2.41. The minimum Gasteiger partial charge on any atom is -0.397 e. The first-order valence-electron chi connectivity index (χ1n) is 12.0. The van der Waals surface area contributed by atoms with E-state index in [4.69, 9.17) is 15.5 Å². The van der Waals surface area contributed by atoms with Crippen molar-refractivity contribution >= 4 is 39.0 Å². The molecule has 180 valence electrons. The second kappa shape index (κ2) is 8.82. The molecule has 1 fully saturated rings. The second-order valence-electron chi connectivity index (χ2n) is 10.2. The number of hydrogen-bond donors (Lipinski definition) is 2. The minimum absolute atomic E-state index is 0.0729. The van der Waals surface area contributed by atoms with Crippen LogP contribution in [-0.2, 0) is 17.6 Å². The number of carbonyl (C=O) groups excluding carboxylic acids is 1. The molecule has 7 nitrogen and oxygen atoms in total. The fourth-order valence-electron chi connectivity index (χ4n) is 5.31. The Hall–Kier alpha value is -2.71. The standard InChI is InChI=1S/C26H33N5O2S/c1-15-12-31(13-26(15,3)14-33-4)21-10-6-17-11-18(7-9-20(17)30-21)29-24(32)23-22(27)19-8-5-16(2)28-25(19)34-23/h5-6,8,10,15,18H,7,9,11-14,27H2,1-4H3,(H,29,32)/t15-,18+,26-/m1/s1. The van der Waals surface area contributed by atoms with Crippen molar-refractivity contribution in [1.29, 1.82) is 0 Å². The molecule has 1 aliphatic carbocycles. The molecule has 0 unspecified atom stereocenters. The summed E-state index contributed by atoms with van der Waals surface area (Å²) in [6.07, 6.45) is 2.51. The molecular weight excluding hydrogens is 446 g/mol. The molecule has 3 N–H and O–H groups in total. The quantitative estimate of drug-likeness (QED) is 0.575. The molecule has 4 heterocycles. The lowest BCUT2D eigenvalue weighted by molar-refractivity contribution is 0.0803. The van der Waals surface area contributed by atoms with Gasteiger partial charge in [0, 0.05) is 48.4 Å². The Balaban J connectivity index is 1.27. The van der Waals surface area contributed by atoms with Crippen LogP contribution < -0.4 is 16.0 Å². The third-order valence-corrected chi connectivity index (χ3v) is 8.67. The molecule has 3 atom stereocenters. The van der Waals surface area contributed by atoms with Crippen molar-refractivity contribution in [1.82, 2.24) is 15.3 Å². The lowest BCUT2D eigenvalue weighted by Crippen LogP contribution is -2.39. The van der Waals surface area contributed by atoms with Gasteiger partial charge in [0.25, 0.3) is 5.91 Å². The Morgan fingerprint density at radius 3 is 2.94 bits per heavy atom. The highest BCUT2D eigenvalue weighted by Crippen LogP contribution is 2.38. The molecule has 0 aromatic carbocycles. The van der Waals surface area contributed by atoms with Crippen molar-refractivity contribution in [2.45, 2.75) is 46.1 Å². The summed E-state index contributed by atoms with van der Waals surface area (Å²) in [4.78, 5) is 26.3. The van der Waals surface area contributed by atoms with Crippen molar-refractivity contribution in [3.05, 3.63) is 46.1 Å². The van der Waals surface area contributed by atoms with Gasteiger partial charge in [-0.2, -0.15) is 0 Å². The van der Waals surface area contributed by atoms with Crippen LogP contribution in [0.25, 0.3) is 10.2 Å². The maximum atomic E-state index is 13.0. The van der Waals surface area contributed by atoms with E-state index in [9.17, 15) is 4.79 Å². The highest BCUT2D eigenvalue weighted by molar-refractivity contribution is 7.21. The van der Waals surface area contributed by atoms with Crippen LogP contribution in [-0.4, -0.2) is 48.7 Å². The van der Waals surface area contributed by atoms with Gasteiger partial charge in [-0.15, -0.1) is 11.3 Å². The van der Waals surface area contributed by atoms with Gasteiger partial charge in [0.15, 0.2) is 0 Å². The van der Waals surface area contributed by atoms with Crippen molar-refractivity contribution < 1.29 is 9.53 Å². The summed E-state index contributed by atoms with van der Waals surface area (Å²) in [5.74, 6) is 1.48. The number of pyridine rings is 2.